The molecule has 25 heavy (non-hydrogen) atoms. The van der Waals surface area contributed by atoms with Crippen molar-refractivity contribution in [1.29, 1.82) is 0 Å². The van der Waals surface area contributed by atoms with Crippen LogP contribution in [-0.4, -0.2) is 25.9 Å². The van der Waals surface area contributed by atoms with Gasteiger partial charge in [0.1, 0.15) is 0 Å². The fourth-order valence-electron chi connectivity index (χ4n) is 2.41. The number of nitrogens with two attached hydrogens (primary N) is 1. The zero-order valence-electron chi connectivity index (χ0n) is 13.0. The van der Waals surface area contributed by atoms with Gasteiger partial charge < -0.3 is 10.2 Å². The van der Waals surface area contributed by atoms with Crippen molar-refractivity contribution in [2.24, 2.45) is 5.73 Å². The molecule has 0 saturated carbocycles. The monoisotopic (exact) mass is 361 g/mol. The van der Waals surface area contributed by atoms with Crippen molar-refractivity contribution in [1.82, 2.24) is 4.98 Å². The molecule has 8 nitrogen and oxygen atoms in total. The van der Waals surface area contributed by atoms with E-state index in [9.17, 15) is 18.0 Å². The molecule has 2 aromatic carbocycles. The topological polar surface area (TPSA) is 126 Å². The number of carbonyl (C=O) groups excluding carboxylic acids is 1. The Labute approximate surface area is 142 Å². The maximum absolute atomic E-state index is 13.0. The first-order valence-corrected chi connectivity index (χ1v) is 8.81. The molecule has 3 aromatic rings. The molecular weight excluding hydrogens is 346 g/mol. The number of benzene rings is 2. The van der Waals surface area contributed by atoms with Crippen LogP contribution in [0.2, 0.25) is 0 Å². The van der Waals surface area contributed by atoms with Gasteiger partial charge in [0.05, 0.1) is 16.1 Å². The van der Waals surface area contributed by atoms with E-state index in [4.69, 9.17) is 10.2 Å². The largest absolute Gasteiger partial charge is 0.417 e. The Kier molecular flexibility index (Phi) is 4.32. The van der Waals surface area contributed by atoms with Gasteiger partial charge in [0.2, 0.25) is 5.91 Å². The number of para-hydroxylation sites is 1. The lowest BCUT2D eigenvalue weighted by Crippen LogP contribution is -2.34. The first kappa shape index (κ1) is 16.8. The number of nitrogens with zero attached hydrogens (tertiary/aromatic N) is 1. The number of aromatic amines is 1. The fraction of sp³-hybridized carbons (Fsp3) is 0.125. The number of carbonyl (C=O) groups is 1. The maximum atomic E-state index is 13.0. The molecule has 0 saturated heterocycles. The number of oxazole rings is 1. The van der Waals surface area contributed by atoms with Crippen LogP contribution in [0.4, 0.5) is 5.69 Å². The number of rotatable bonds is 6. The molecule has 1 heterocycles. The summed E-state index contributed by atoms with van der Waals surface area (Å²) in [5, 5.41) is 0. The Bertz CT molecular complexity index is 1070. The van der Waals surface area contributed by atoms with Crippen LogP contribution in [0.15, 0.2) is 62.6 Å². The summed E-state index contributed by atoms with van der Waals surface area (Å²) < 4.78 is 32.1. The average Bonchev–Trinajstić information content (AvgIpc) is 2.94. The lowest BCUT2D eigenvalue weighted by molar-refractivity contribution is -0.117. The van der Waals surface area contributed by atoms with Crippen molar-refractivity contribution < 1.29 is 17.6 Å². The number of H-pyrrole nitrogens is 1. The van der Waals surface area contributed by atoms with E-state index in [1.807, 2.05) is 0 Å². The van der Waals surface area contributed by atoms with Crippen LogP contribution >= 0.6 is 0 Å². The second-order valence-electron chi connectivity index (χ2n) is 5.30. The fourth-order valence-corrected chi connectivity index (χ4v) is 3.89. The van der Waals surface area contributed by atoms with Gasteiger partial charge in [-0.2, -0.15) is 0 Å². The van der Waals surface area contributed by atoms with Crippen molar-refractivity contribution in [3.05, 3.63) is 59.1 Å². The molecule has 9 heteroatoms. The summed E-state index contributed by atoms with van der Waals surface area (Å²) >= 11 is 0. The Balaban J connectivity index is 2.07. The van der Waals surface area contributed by atoms with Gasteiger partial charge in [0, 0.05) is 19.0 Å². The van der Waals surface area contributed by atoms with Crippen LogP contribution in [0, 0.1) is 0 Å². The summed E-state index contributed by atoms with van der Waals surface area (Å²) in [5.41, 5.74) is 6.09. The van der Waals surface area contributed by atoms with Gasteiger partial charge in [-0.25, -0.2) is 13.2 Å². The van der Waals surface area contributed by atoms with Gasteiger partial charge in [-0.15, -0.1) is 0 Å². The molecule has 0 radical (unpaired) electrons. The summed E-state index contributed by atoms with van der Waals surface area (Å²) in [7, 11) is -3.98. The lowest BCUT2D eigenvalue weighted by atomic mass is 10.3. The standard InChI is InChI=1S/C16H15N3O5S/c17-15(20)8-9-19(11-4-2-1-3-5-11)25(22,23)12-6-7-13-14(10-12)24-16(21)18-13/h1-7,10H,8-9H2,(H2,17,20)(H,18,21). The van der Waals surface area contributed by atoms with E-state index in [0.29, 0.717) is 11.2 Å². The highest BCUT2D eigenvalue weighted by atomic mass is 32.2. The molecule has 0 aliphatic rings. The minimum atomic E-state index is -3.98. The summed E-state index contributed by atoms with van der Waals surface area (Å²) in [6.07, 6.45) is -0.129. The highest BCUT2D eigenvalue weighted by molar-refractivity contribution is 7.92. The first-order chi connectivity index (χ1) is 11.9. The smallest absolute Gasteiger partial charge is 0.408 e. The number of nitrogens with one attached hydrogen (secondary N) is 1. The molecule has 3 N–H and O–H groups in total. The van der Waals surface area contributed by atoms with Crippen LogP contribution in [0.5, 0.6) is 0 Å². The maximum Gasteiger partial charge on any atom is 0.417 e. The predicted molar refractivity (Wildman–Crippen MR) is 91.6 cm³/mol. The zero-order chi connectivity index (χ0) is 18.0. The molecule has 0 spiro atoms. The van der Waals surface area contributed by atoms with Crippen molar-refractivity contribution in [3.8, 4) is 0 Å². The Morgan fingerprint density at radius 1 is 1.16 bits per heavy atom. The van der Waals surface area contributed by atoms with Crippen LogP contribution in [0.25, 0.3) is 11.1 Å². The number of sulfonamides is 1. The second kappa shape index (κ2) is 6.44. The highest BCUT2D eigenvalue weighted by Gasteiger charge is 2.26. The van der Waals surface area contributed by atoms with E-state index in [0.717, 1.165) is 4.31 Å². The minimum Gasteiger partial charge on any atom is -0.408 e. The van der Waals surface area contributed by atoms with E-state index in [1.165, 1.54) is 18.2 Å². The van der Waals surface area contributed by atoms with Crippen molar-refractivity contribution in [2.75, 3.05) is 10.8 Å². The molecule has 1 amide bonds. The SMILES string of the molecule is NC(=O)CCN(c1ccccc1)S(=O)(=O)c1ccc2[nH]c(=O)oc2c1. The van der Waals surface area contributed by atoms with E-state index >= 15 is 0 Å². The van der Waals surface area contributed by atoms with E-state index in [-0.39, 0.29) is 23.4 Å². The molecule has 0 unspecified atom stereocenters. The Morgan fingerprint density at radius 3 is 2.56 bits per heavy atom. The van der Waals surface area contributed by atoms with Gasteiger partial charge in [-0.05, 0) is 24.3 Å². The van der Waals surface area contributed by atoms with E-state index in [1.54, 1.807) is 30.3 Å². The number of amides is 1. The van der Waals surface area contributed by atoms with Gasteiger partial charge in [0.15, 0.2) is 5.58 Å². The van der Waals surface area contributed by atoms with Crippen LogP contribution < -0.4 is 15.8 Å². The average molecular weight is 361 g/mol. The first-order valence-electron chi connectivity index (χ1n) is 7.37. The zero-order valence-corrected chi connectivity index (χ0v) is 13.8. The Morgan fingerprint density at radius 2 is 1.88 bits per heavy atom. The number of hydrogen-bond acceptors (Lipinski definition) is 5. The molecule has 0 bridgehead atoms. The molecule has 0 aliphatic heterocycles. The number of aromatic nitrogens is 1. The van der Waals surface area contributed by atoms with E-state index < -0.39 is 21.7 Å². The van der Waals surface area contributed by atoms with Crippen molar-refractivity contribution in [3.63, 3.8) is 0 Å². The number of anilines is 1. The summed E-state index contributed by atoms with van der Waals surface area (Å²) in [6, 6.07) is 12.5. The number of hydrogen-bond donors (Lipinski definition) is 2. The highest BCUT2D eigenvalue weighted by Crippen LogP contribution is 2.25. The predicted octanol–water partition coefficient (Wildman–Crippen LogP) is 1.19. The lowest BCUT2D eigenvalue weighted by Gasteiger charge is -2.24. The molecule has 130 valence electrons. The molecule has 3 rings (SSSR count). The summed E-state index contributed by atoms with van der Waals surface area (Å²) in [4.78, 5) is 24.8. The summed E-state index contributed by atoms with van der Waals surface area (Å²) in [6.45, 7) is -0.100. The second-order valence-corrected chi connectivity index (χ2v) is 7.16. The minimum absolute atomic E-state index is 0.0592. The number of fused-ring (bicyclic) bond motifs is 1. The Hall–Kier alpha value is -3.07. The third-order valence-electron chi connectivity index (χ3n) is 3.59. The molecule has 0 fully saturated rings. The molecule has 0 atom stereocenters. The quantitative estimate of drug-likeness (QED) is 0.682. The normalized spacial score (nSPS) is 11.5. The van der Waals surface area contributed by atoms with Crippen molar-refractivity contribution in [2.45, 2.75) is 11.3 Å². The third-order valence-corrected chi connectivity index (χ3v) is 5.41. The number of primary amides is 1. The molecule has 0 aliphatic carbocycles. The van der Waals surface area contributed by atoms with Crippen LogP contribution in [0.1, 0.15) is 6.42 Å². The van der Waals surface area contributed by atoms with Gasteiger partial charge >= 0.3 is 5.76 Å². The van der Waals surface area contributed by atoms with Gasteiger partial charge in [-0.3, -0.25) is 14.1 Å². The van der Waals surface area contributed by atoms with Crippen LogP contribution in [-0.2, 0) is 14.8 Å². The van der Waals surface area contributed by atoms with Gasteiger partial charge in [-0.1, -0.05) is 18.2 Å². The third kappa shape index (κ3) is 3.41. The van der Waals surface area contributed by atoms with Crippen molar-refractivity contribution >= 4 is 32.7 Å². The molecular formula is C16H15N3O5S. The van der Waals surface area contributed by atoms with Crippen LogP contribution in [0.3, 0.4) is 0 Å². The molecule has 1 aromatic heterocycles. The van der Waals surface area contributed by atoms with Gasteiger partial charge in [0.25, 0.3) is 10.0 Å². The summed E-state index contributed by atoms with van der Waals surface area (Å²) in [5.74, 6) is -1.28. The van der Waals surface area contributed by atoms with E-state index in [2.05, 4.69) is 4.98 Å².